The molecule has 0 unspecified atom stereocenters. The van der Waals surface area contributed by atoms with Gasteiger partial charge in [0.05, 0.1) is 36.9 Å². The summed E-state index contributed by atoms with van der Waals surface area (Å²) in [7, 11) is 0. The molecule has 78 heavy (non-hydrogen) atoms. The third kappa shape index (κ3) is 18.1. The van der Waals surface area contributed by atoms with Gasteiger partial charge < -0.3 is 49.5 Å². The molecule has 3 heterocycles. The summed E-state index contributed by atoms with van der Waals surface area (Å²) < 4.78 is 36.1. The number of carbonyl (C=O) groups is 3. The Labute approximate surface area is 477 Å². The molecule has 0 bridgehead atoms. The molecule has 16 nitrogen and oxygen atoms in total. The van der Waals surface area contributed by atoms with E-state index in [9.17, 15) is 14.4 Å². The van der Waals surface area contributed by atoms with Crippen molar-refractivity contribution in [2.75, 3.05) is 62.2 Å². The van der Waals surface area contributed by atoms with Gasteiger partial charge in [0, 0.05) is 54.8 Å². The van der Waals surface area contributed by atoms with E-state index < -0.39 is 0 Å². The number of nitrogens with one attached hydrogen (secondary N) is 3. The highest BCUT2D eigenvalue weighted by Gasteiger charge is 2.14. The van der Waals surface area contributed by atoms with Crippen LogP contribution in [0.4, 0.5) is 17.1 Å². The molecule has 0 aliphatic rings. The Bertz CT molecular complexity index is 3020. The first-order chi connectivity index (χ1) is 37.9. The minimum absolute atomic E-state index is 0.0728. The molecule has 0 aliphatic carbocycles. The minimum Gasteiger partial charge on any atom is -0.492 e. The van der Waals surface area contributed by atoms with Gasteiger partial charge in [0.15, 0.2) is 19.8 Å². The van der Waals surface area contributed by atoms with Crippen molar-refractivity contribution in [2.45, 2.75) is 27.7 Å². The van der Waals surface area contributed by atoms with Crippen molar-refractivity contribution in [1.29, 1.82) is 0 Å². The van der Waals surface area contributed by atoms with E-state index in [1.165, 1.54) is 0 Å². The largest absolute Gasteiger partial charge is 0.492 e. The first-order valence-corrected chi connectivity index (χ1v) is 27.0. The van der Waals surface area contributed by atoms with Gasteiger partial charge in [0.1, 0.15) is 51.0 Å². The standard InChI is InChI=1S/3C19H17BrN2O3.C2H6O/c3*1-2-24-17-10-9-16(15-4-3-11-21-19(15)17)22-18(23)12-25-14-7-5-13(20)6-8-14;1-2-3/h3*3-11H,2,12H2,1H3,(H,22,23);3H,2H2,1H3. The van der Waals surface area contributed by atoms with Crippen molar-refractivity contribution >= 4 is 115 Å². The van der Waals surface area contributed by atoms with Gasteiger partial charge in [-0.15, -0.1) is 0 Å². The molecule has 6 aromatic carbocycles. The van der Waals surface area contributed by atoms with Crippen LogP contribution in [0.25, 0.3) is 32.7 Å². The van der Waals surface area contributed by atoms with Crippen molar-refractivity contribution in [1.82, 2.24) is 15.0 Å². The maximum absolute atomic E-state index is 12.2. The van der Waals surface area contributed by atoms with E-state index >= 15 is 0 Å². The highest BCUT2D eigenvalue weighted by Crippen LogP contribution is 2.33. The number of hydrogen-bond donors (Lipinski definition) is 4. The topological polar surface area (TPSA) is 202 Å². The normalized spacial score (nSPS) is 10.3. The van der Waals surface area contributed by atoms with Crippen LogP contribution in [-0.4, -0.2) is 84.0 Å². The fourth-order valence-corrected chi connectivity index (χ4v) is 7.97. The van der Waals surface area contributed by atoms with Gasteiger partial charge in [0.25, 0.3) is 17.7 Å². The number of amides is 3. The second-order valence-electron chi connectivity index (χ2n) is 16.0. The zero-order valence-corrected chi connectivity index (χ0v) is 47.9. The van der Waals surface area contributed by atoms with E-state index in [0.29, 0.717) is 71.4 Å². The average molecular weight is 1250 g/mol. The molecule has 4 N–H and O–H groups in total. The van der Waals surface area contributed by atoms with Crippen molar-refractivity contribution < 1.29 is 47.9 Å². The number of nitrogens with zero attached hydrogens (tertiary/aromatic N) is 3. The monoisotopic (exact) mass is 1250 g/mol. The number of rotatable bonds is 18. The van der Waals surface area contributed by atoms with Crippen molar-refractivity contribution in [2.24, 2.45) is 0 Å². The highest BCUT2D eigenvalue weighted by molar-refractivity contribution is 9.11. The van der Waals surface area contributed by atoms with Gasteiger partial charge in [-0.05, 0) is 173 Å². The molecule has 0 spiro atoms. The Morgan fingerprint density at radius 2 is 0.654 bits per heavy atom. The number of anilines is 3. The number of fused-ring (bicyclic) bond motifs is 3. The summed E-state index contributed by atoms with van der Waals surface area (Å²) in [4.78, 5) is 49.7. The first kappa shape index (κ1) is 59.4. The molecule has 0 aliphatic heterocycles. The fourth-order valence-electron chi connectivity index (χ4n) is 7.18. The maximum Gasteiger partial charge on any atom is 0.262 e. The Balaban J connectivity index is 0.000000184. The fraction of sp³-hybridized carbons (Fsp3) is 0.186. The molecule has 0 radical (unpaired) electrons. The van der Waals surface area contributed by atoms with Crippen LogP contribution in [0.15, 0.2) is 178 Å². The second-order valence-corrected chi connectivity index (χ2v) is 18.8. The third-order valence-electron chi connectivity index (χ3n) is 10.5. The lowest BCUT2D eigenvalue weighted by atomic mass is 10.1. The number of pyridine rings is 3. The molecule has 0 atom stereocenters. The van der Waals surface area contributed by atoms with E-state index in [1.807, 2.05) is 130 Å². The molecule has 3 amide bonds. The zero-order chi connectivity index (χ0) is 55.7. The molecule has 0 saturated carbocycles. The van der Waals surface area contributed by atoms with E-state index in [1.54, 1.807) is 61.9 Å². The van der Waals surface area contributed by atoms with Crippen LogP contribution in [0, 0.1) is 0 Å². The molecule has 19 heteroatoms. The summed E-state index contributed by atoms with van der Waals surface area (Å²) in [6.45, 7) is 9.14. The van der Waals surface area contributed by atoms with Crippen LogP contribution in [0.3, 0.4) is 0 Å². The first-order valence-electron chi connectivity index (χ1n) is 24.6. The van der Waals surface area contributed by atoms with Crippen molar-refractivity contribution in [3.63, 3.8) is 0 Å². The number of ether oxygens (including phenoxy) is 6. The number of benzene rings is 6. The molecule has 9 rings (SSSR count). The van der Waals surface area contributed by atoms with Crippen LogP contribution >= 0.6 is 47.8 Å². The molecule has 3 aromatic heterocycles. The van der Waals surface area contributed by atoms with Gasteiger partial charge in [-0.2, -0.15) is 0 Å². The van der Waals surface area contributed by atoms with Gasteiger partial charge in [-0.3, -0.25) is 29.3 Å². The summed E-state index contributed by atoms with van der Waals surface area (Å²) in [5.41, 5.74) is 4.19. The average Bonchev–Trinajstić information content (AvgIpc) is 3.47. The van der Waals surface area contributed by atoms with E-state index in [-0.39, 0.29) is 44.1 Å². The maximum atomic E-state index is 12.2. The lowest BCUT2D eigenvalue weighted by Gasteiger charge is -2.12. The second kappa shape index (κ2) is 31.4. The van der Waals surface area contributed by atoms with Crippen LogP contribution in [0.1, 0.15) is 27.7 Å². The summed E-state index contributed by atoms with van der Waals surface area (Å²) in [6, 6.07) is 44.0. The van der Waals surface area contributed by atoms with Crippen LogP contribution in [0.5, 0.6) is 34.5 Å². The van der Waals surface area contributed by atoms with E-state index in [4.69, 9.17) is 33.5 Å². The number of aliphatic hydroxyl groups is 1. The summed E-state index contributed by atoms with van der Waals surface area (Å²) in [5.74, 6) is 3.28. The molecule has 9 aromatic rings. The van der Waals surface area contributed by atoms with Crippen LogP contribution in [0.2, 0.25) is 0 Å². The van der Waals surface area contributed by atoms with E-state index in [2.05, 4.69) is 78.7 Å². The number of halogens is 3. The number of carbonyl (C=O) groups excluding carboxylic acids is 3. The van der Waals surface area contributed by atoms with Crippen molar-refractivity contribution in [3.05, 3.63) is 178 Å². The molecular formula is C59H57Br3N6O10. The predicted molar refractivity (Wildman–Crippen MR) is 316 cm³/mol. The summed E-state index contributed by atoms with van der Waals surface area (Å²) >= 11 is 10.1. The SMILES string of the molecule is CCO.CCOc1ccc(NC(=O)COc2ccc(Br)cc2)c2cccnc12.CCOc1ccc(NC(=O)COc2ccc(Br)cc2)c2cccnc12.CCOc1ccc(NC(=O)COc2ccc(Br)cc2)c2cccnc12. The lowest BCUT2D eigenvalue weighted by Crippen LogP contribution is -2.20. The van der Waals surface area contributed by atoms with Gasteiger partial charge in [0.2, 0.25) is 0 Å². The Morgan fingerprint density at radius 3 is 0.897 bits per heavy atom. The molecule has 404 valence electrons. The Hall–Kier alpha value is -7.84. The molecule has 0 fully saturated rings. The van der Waals surface area contributed by atoms with Crippen molar-refractivity contribution in [3.8, 4) is 34.5 Å². The number of aliphatic hydroxyl groups excluding tert-OH is 1. The number of aromatic nitrogens is 3. The van der Waals surface area contributed by atoms with Gasteiger partial charge in [-0.1, -0.05) is 47.8 Å². The minimum atomic E-state index is -0.239. The Morgan fingerprint density at radius 1 is 0.397 bits per heavy atom. The lowest BCUT2D eigenvalue weighted by molar-refractivity contribution is -0.118. The number of hydrogen-bond acceptors (Lipinski definition) is 13. The van der Waals surface area contributed by atoms with Crippen LogP contribution < -0.4 is 44.4 Å². The smallest absolute Gasteiger partial charge is 0.262 e. The quantitative estimate of drug-likeness (QED) is 0.0633. The summed E-state index contributed by atoms with van der Waals surface area (Å²) in [5, 5.41) is 18.6. The van der Waals surface area contributed by atoms with Gasteiger partial charge >= 0.3 is 0 Å². The molecule has 0 saturated heterocycles. The Kier molecular flexibility index (Phi) is 23.9. The molecular weight excluding hydrogens is 1190 g/mol. The summed E-state index contributed by atoms with van der Waals surface area (Å²) in [6.07, 6.45) is 5.10. The third-order valence-corrected chi connectivity index (χ3v) is 12.1. The van der Waals surface area contributed by atoms with Gasteiger partial charge in [-0.25, -0.2) is 0 Å². The zero-order valence-electron chi connectivity index (χ0n) is 43.1. The van der Waals surface area contributed by atoms with Crippen LogP contribution in [-0.2, 0) is 14.4 Å². The highest BCUT2D eigenvalue weighted by atomic mass is 79.9. The predicted octanol–water partition coefficient (Wildman–Crippen LogP) is 13.2. The van der Waals surface area contributed by atoms with E-state index in [0.717, 1.165) is 46.1 Å².